The lowest BCUT2D eigenvalue weighted by atomic mass is 10.3. The van der Waals surface area contributed by atoms with Gasteiger partial charge >= 0.3 is 0 Å². The van der Waals surface area contributed by atoms with E-state index in [-0.39, 0.29) is 23.6 Å². The number of hydrogen-bond acceptors (Lipinski definition) is 3. The molecule has 5 nitrogen and oxygen atoms in total. The molecule has 0 saturated carbocycles. The molecule has 0 saturated heterocycles. The van der Waals surface area contributed by atoms with Crippen LogP contribution in [0, 0.1) is 0 Å². The number of aromatic nitrogens is 2. The van der Waals surface area contributed by atoms with Crippen LogP contribution in [0.15, 0.2) is 24.4 Å². The van der Waals surface area contributed by atoms with Gasteiger partial charge in [0.15, 0.2) is 6.61 Å². The summed E-state index contributed by atoms with van der Waals surface area (Å²) >= 11 is 17.7. The van der Waals surface area contributed by atoms with Crippen molar-refractivity contribution < 1.29 is 9.53 Å². The van der Waals surface area contributed by atoms with Crippen molar-refractivity contribution in [3.05, 3.63) is 39.5 Å². The number of amides is 1. The van der Waals surface area contributed by atoms with E-state index in [1.807, 2.05) is 13.8 Å². The molecule has 1 aromatic carbocycles. The third-order valence-electron chi connectivity index (χ3n) is 3.28. The smallest absolute Gasteiger partial charge is 0.263 e. The van der Waals surface area contributed by atoms with E-state index in [1.165, 1.54) is 12.1 Å². The number of carbonyl (C=O) groups is 1. The zero-order valence-corrected chi connectivity index (χ0v) is 14.9. The van der Waals surface area contributed by atoms with Gasteiger partial charge in [0.1, 0.15) is 11.6 Å². The molecule has 1 aromatic heterocycles. The lowest BCUT2D eigenvalue weighted by Gasteiger charge is -2.14. The van der Waals surface area contributed by atoms with Gasteiger partial charge in [-0.15, -0.1) is 0 Å². The van der Waals surface area contributed by atoms with Crippen LogP contribution >= 0.6 is 34.8 Å². The number of anilines is 1. The zero-order valence-electron chi connectivity index (χ0n) is 12.6. The fraction of sp³-hybridized carbons (Fsp3) is 0.333. The predicted octanol–water partition coefficient (Wildman–Crippen LogP) is 4.83. The Bertz CT molecular complexity index is 703. The van der Waals surface area contributed by atoms with Crippen molar-refractivity contribution in [3.63, 3.8) is 0 Å². The molecule has 23 heavy (non-hydrogen) atoms. The van der Waals surface area contributed by atoms with E-state index in [0.29, 0.717) is 21.6 Å². The van der Waals surface area contributed by atoms with Crippen molar-refractivity contribution in [2.45, 2.75) is 26.3 Å². The first-order valence-electron chi connectivity index (χ1n) is 7.03. The van der Waals surface area contributed by atoms with Crippen molar-refractivity contribution in [2.75, 3.05) is 11.9 Å². The molecule has 124 valence electrons. The van der Waals surface area contributed by atoms with Crippen LogP contribution in [0.1, 0.15) is 26.3 Å². The van der Waals surface area contributed by atoms with Gasteiger partial charge in [0.2, 0.25) is 0 Å². The molecular weight excluding hydrogens is 361 g/mol. The van der Waals surface area contributed by atoms with Crippen LogP contribution in [0.3, 0.4) is 0 Å². The second-order valence-electron chi connectivity index (χ2n) is 4.95. The quantitative estimate of drug-likeness (QED) is 0.734. The van der Waals surface area contributed by atoms with E-state index in [0.717, 1.165) is 6.42 Å². The Kier molecular flexibility index (Phi) is 6.16. The number of benzene rings is 1. The summed E-state index contributed by atoms with van der Waals surface area (Å²) in [6, 6.07) is 4.86. The molecule has 0 fully saturated rings. The third-order valence-corrected chi connectivity index (χ3v) is 4.30. The minimum Gasteiger partial charge on any atom is -0.482 e. The fourth-order valence-electron chi connectivity index (χ4n) is 1.87. The van der Waals surface area contributed by atoms with Crippen LogP contribution in [-0.4, -0.2) is 22.3 Å². The van der Waals surface area contributed by atoms with Gasteiger partial charge in [-0.05, 0) is 19.4 Å². The van der Waals surface area contributed by atoms with E-state index >= 15 is 0 Å². The largest absolute Gasteiger partial charge is 0.482 e. The maximum absolute atomic E-state index is 12.0. The lowest BCUT2D eigenvalue weighted by molar-refractivity contribution is -0.118. The van der Waals surface area contributed by atoms with Crippen LogP contribution in [0.5, 0.6) is 5.75 Å². The maximum atomic E-state index is 12.0. The van der Waals surface area contributed by atoms with Crippen LogP contribution in [0.4, 0.5) is 5.82 Å². The number of halogens is 3. The minimum absolute atomic E-state index is 0.186. The molecule has 1 N–H and O–H groups in total. The lowest BCUT2D eigenvalue weighted by Crippen LogP contribution is -2.23. The van der Waals surface area contributed by atoms with Gasteiger partial charge < -0.3 is 10.1 Å². The fourth-order valence-corrected chi connectivity index (χ4v) is 2.47. The van der Waals surface area contributed by atoms with E-state index < -0.39 is 0 Å². The normalized spacial score (nSPS) is 12.0. The zero-order chi connectivity index (χ0) is 17.0. The third kappa shape index (κ3) is 4.53. The molecule has 0 bridgehead atoms. The van der Waals surface area contributed by atoms with Gasteiger partial charge in [-0.3, -0.25) is 4.79 Å². The number of nitrogens with one attached hydrogen (secondary N) is 1. The topological polar surface area (TPSA) is 56.2 Å². The maximum Gasteiger partial charge on any atom is 0.263 e. The molecule has 8 heteroatoms. The molecule has 0 unspecified atom stereocenters. The molecule has 2 rings (SSSR count). The van der Waals surface area contributed by atoms with Gasteiger partial charge in [0.25, 0.3) is 5.91 Å². The Morgan fingerprint density at radius 1 is 1.30 bits per heavy atom. The van der Waals surface area contributed by atoms with Crippen LogP contribution < -0.4 is 10.1 Å². The highest BCUT2D eigenvalue weighted by Crippen LogP contribution is 2.33. The molecule has 2 aromatic rings. The second kappa shape index (κ2) is 7.90. The highest BCUT2D eigenvalue weighted by atomic mass is 35.5. The summed E-state index contributed by atoms with van der Waals surface area (Å²) in [5.74, 6) is 0.594. The summed E-state index contributed by atoms with van der Waals surface area (Å²) in [6.07, 6.45) is 2.54. The number of hydrogen-bond donors (Lipinski definition) is 1. The Hall–Kier alpha value is -1.43. The first kappa shape index (κ1) is 17.9. The minimum atomic E-state index is -0.322. The summed E-state index contributed by atoms with van der Waals surface area (Å²) < 4.78 is 7.15. The number of rotatable bonds is 6. The summed E-state index contributed by atoms with van der Waals surface area (Å²) in [4.78, 5) is 12.0. The number of ether oxygens (including phenoxy) is 1. The Labute approximate surface area is 149 Å². The molecule has 0 aliphatic heterocycles. The Balaban J connectivity index is 1.99. The molecular formula is C15H16Cl3N3O2. The van der Waals surface area contributed by atoms with E-state index in [9.17, 15) is 4.79 Å². The SMILES string of the molecule is CC[C@@H](C)n1nccc1NC(=O)COc1cc(Cl)c(Cl)cc1Cl. The molecule has 0 radical (unpaired) electrons. The monoisotopic (exact) mass is 375 g/mol. The highest BCUT2D eigenvalue weighted by molar-refractivity contribution is 6.43. The number of carbonyl (C=O) groups excluding carboxylic acids is 1. The first-order chi connectivity index (χ1) is 10.9. The molecule has 0 aliphatic rings. The van der Waals surface area contributed by atoms with Crippen molar-refractivity contribution >= 4 is 46.5 Å². The highest BCUT2D eigenvalue weighted by Gasteiger charge is 2.13. The second-order valence-corrected chi connectivity index (χ2v) is 6.17. The molecule has 1 amide bonds. The average molecular weight is 377 g/mol. The van der Waals surface area contributed by atoms with Gasteiger partial charge in [-0.1, -0.05) is 41.7 Å². The summed E-state index contributed by atoms with van der Waals surface area (Å²) in [7, 11) is 0. The van der Waals surface area contributed by atoms with Crippen LogP contribution in [0.25, 0.3) is 0 Å². The average Bonchev–Trinajstić information content (AvgIpc) is 2.96. The Morgan fingerprint density at radius 3 is 2.70 bits per heavy atom. The van der Waals surface area contributed by atoms with Crippen molar-refractivity contribution in [3.8, 4) is 5.75 Å². The van der Waals surface area contributed by atoms with E-state index in [2.05, 4.69) is 10.4 Å². The van der Waals surface area contributed by atoms with E-state index in [4.69, 9.17) is 39.5 Å². The molecule has 0 aliphatic carbocycles. The van der Waals surface area contributed by atoms with E-state index in [1.54, 1.807) is 16.9 Å². The van der Waals surface area contributed by atoms with Crippen LogP contribution in [0.2, 0.25) is 15.1 Å². The summed E-state index contributed by atoms with van der Waals surface area (Å²) in [6.45, 7) is 3.87. The van der Waals surface area contributed by atoms with Crippen molar-refractivity contribution in [1.82, 2.24) is 9.78 Å². The van der Waals surface area contributed by atoms with Crippen molar-refractivity contribution in [2.24, 2.45) is 0 Å². The van der Waals surface area contributed by atoms with Crippen LogP contribution in [-0.2, 0) is 4.79 Å². The van der Waals surface area contributed by atoms with Gasteiger partial charge in [-0.25, -0.2) is 4.68 Å². The molecule has 1 atom stereocenters. The Morgan fingerprint density at radius 2 is 2.00 bits per heavy atom. The molecule has 1 heterocycles. The molecule has 0 spiro atoms. The number of nitrogens with zero attached hydrogens (tertiary/aromatic N) is 2. The predicted molar refractivity (Wildman–Crippen MR) is 92.8 cm³/mol. The van der Waals surface area contributed by atoms with Gasteiger partial charge in [-0.2, -0.15) is 5.10 Å². The summed E-state index contributed by atoms with van der Waals surface area (Å²) in [5.41, 5.74) is 0. The van der Waals surface area contributed by atoms with Gasteiger partial charge in [0.05, 0.1) is 27.3 Å². The first-order valence-corrected chi connectivity index (χ1v) is 8.16. The standard InChI is InChI=1S/C15H16Cl3N3O2/c1-3-9(2)21-14(4-5-19-21)20-15(22)8-23-13-7-11(17)10(16)6-12(13)18/h4-7,9H,3,8H2,1-2H3,(H,20,22)/t9-/m1/s1. The van der Waals surface area contributed by atoms with Gasteiger partial charge in [0, 0.05) is 12.1 Å². The van der Waals surface area contributed by atoms with Crippen molar-refractivity contribution in [1.29, 1.82) is 0 Å². The summed E-state index contributed by atoms with van der Waals surface area (Å²) in [5, 5.41) is 7.88.